The molecule has 1 aliphatic rings. The Bertz CT molecular complexity index is 1060. The maximum atomic E-state index is 14.4. The molecule has 0 saturated carbocycles. The number of rotatable bonds is 5. The van der Waals surface area contributed by atoms with Crippen LogP contribution in [0.25, 0.3) is 0 Å². The third-order valence-electron chi connectivity index (χ3n) is 4.41. The second-order valence-corrected chi connectivity index (χ2v) is 10.6. The summed E-state index contributed by atoms with van der Waals surface area (Å²) in [6.07, 6.45) is 4.75. The van der Waals surface area contributed by atoms with Crippen molar-refractivity contribution >= 4 is 20.0 Å². The van der Waals surface area contributed by atoms with Crippen molar-refractivity contribution in [1.29, 1.82) is 0 Å². The third-order valence-corrected chi connectivity index (χ3v) is 8.40. The topological polar surface area (TPSA) is 80.8 Å². The SMILES string of the molecule is CN(S(=O)(=O)c1c(F)c(F)c(OC2CC/C=C\CCC2)c(F)c1F)S(=O)(=O)C(F)(F)F. The molecule has 0 heterocycles. The molecule has 0 aromatic heterocycles. The molecule has 0 aliphatic heterocycles. The first-order valence-electron chi connectivity index (χ1n) is 8.62. The van der Waals surface area contributed by atoms with Gasteiger partial charge >= 0.3 is 15.5 Å². The van der Waals surface area contributed by atoms with Crippen LogP contribution in [0.4, 0.5) is 30.7 Å². The molecule has 6 nitrogen and oxygen atoms in total. The highest BCUT2D eigenvalue weighted by Gasteiger charge is 2.54. The van der Waals surface area contributed by atoms with E-state index >= 15 is 0 Å². The van der Waals surface area contributed by atoms with Gasteiger partial charge in [0.15, 0.2) is 22.3 Å². The number of allylic oxidation sites excluding steroid dienone is 2. The molecule has 2 rings (SSSR count). The zero-order valence-electron chi connectivity index (χ0n) is 15.7. The Morgan fingerprint density at radius 3 is 1.94 bits per heavy atom. The number of hydrogen-bond donors (Lipinski definition) is 0. The molecule has 0 N–H and O–H groups in total. The van der Waals surface area contributed by atoms with Crippen LogP contribution in [0.15, 0.2) is 17.0 Å². The molecule has 0 amide bonds. The zero-order chi connectivity index (χ0) is 23.8. The maximum Gasteiger partial charge on any atom is 0.512 e. The summed E-state index contributed by atoms with van der Waals surface area (Å²) in [4.78, 5) is -2.54. The van der Waals surface area contributed by atoms with Crippen molar-refractivity contribution in [3.63, 3.8) is 0 Å². The predicted molar refractivity (Wildman–Crippen MR) is 92.8 cm³/mol. The Balaban J connectivity index is 2.56. The highest BCUT2D eigenvalue weighted by Crippen LogP contribution is 2.37. The summed E-state index contributed by atoms with van der Waals surface area (Å²) < 4.78 is 146. The van der Waals surface area contributed by atoms with Crippen molar-refractivity contribution in [3.05, 3.63) is 35.4 Å². The highest BCUT2D eigenvalue weighted by atomic mass is 32.3. The van der Waals surface area contributed by atoms with Gasteiger partial charge in [0, 0.05) is 7.05 Å². The first-order valence-corrected chi connectivity index (χ1v) is 11.5. The molecule has 0 fully saturated rings. The second-order valence-electron chi connectivity index (χ2n) is 6.47. The van der Waals surface area contributed by atoms with E-state index in [2.05, 4.69) is 0 Å². The van der Waals surface area contributed by atoms with Crippen LogP contribution in [-0.4, -0.2) is 39.2 Å². The molecule has 176 valence electrons. The molecule has 15 heteroatoms. The predicted octanol–water partition coefficient (Wildman–Crippen LogP) is 3.98. The summed E-state index contributed by atoms with van der Waals surface area (Å²) in [6, 6.07) is 0. The van der Waals surface area contributed by atoms with E-state index < -0.39 is 69.3 Å². The van der Waals surface area contributed by atoms with Crippen LogP contribution >= 0.6 is 0 Å². The molecule has 1 aromatic carbocycles. The molecule has 0 radical (unpaired) electrons. The second kappa shape index (κ2) is 8.94. The molecule has 1 aromatic rings. The summed E-state index contributed by atoms with van der Waals surface area (Å²) in [5, 5.41) is 0. The fourth-order valence-corrected chi connectivity index (χ4v) is 5.43. The van der Waals surface area contributed by atoms with E-state index in [4.69, 9.17) is 4.74 Å². The fourth-order valence-electron chi connectivity index (χ4n) is 2.73. The number of benzene rings is 1. The van der Waals surface area contributed by atoms with Crippen LogP contribution in [0.5, 0.6) is 5.75 Å². The van der Waals surface area contributed by atoms with E-state index in [0.29, 0.717) is 19.3 Å². The first-order chi connectivity index (χ1) is 14.1. The largest absolute Gasteiger partial charge is 0.512 e. The van der Waals surface area contributed by atoms with Crippen molar-refractivity contribution in [2.24, 2.45) is 0 Å². The van der Waals surface area contributed by atoms with Gasteiger partial charge in [-0.2, -0.15) is 22.0 Å². The fraction of sp³-hybridized carbons (Fsp3) is 0.500. The Kier molecular flexibility index (Phi) is 7.32. The molecule has 1 atom stereocenters. The molecule has 1 aliphatic carbocycles. The molecule has 0 saturated heterocycles. The lowest BCUT2D eigenvalue weighted by Gasteiger charge is -2.22. The number of halogens is 7. The highest BCUT2D eigenvalue weighted by molar-refractivity contribution is 8.04. The number of alkyl halides is 3. The van der Waals surface area contributed by atoms with Crippen LogP contribution in [0.1, 0.15) is 32.1 Å². The number of sulfonamides is 2. The van der Waals surface area contributed by atoms with Crippen LogP contribution in [0.3, 0.4) is 0 Å². The van der Waals surface area contributed by atoms with Crippen molar-refractivity contribution in [2.75, 3.05) is 7.05 Å². The van der Waals surface area contributed by atoms with Crippen molar-refractivity contribution in [2.45, 2.75) is 48.6 Å². The lowest BCUT2D eigenvalue weighted by Crippen LogP contribution is -2.42. The smallest absolute Gasteiger partial charge is 0.484 e. The molecule has 0 bridgehead atoms. The summed E-state index contributed by atoms with van der Waals surface area (Å²) in [5.41, 5.74) is -6.17. The van der Waals surface area contributed by atoms with Gasteiger partial charge in [-0.3, -0.25) is 0 Å². The lowest BCUT2D eigenvalue weighted by molar-refractivity contribution is -0.0465. The van der Waals surface area contributed by atoms with Crippen LogP contribution in [-0.2, 0) is 20.0 Å². The summed E-state index contributed by atoms with van der Waals surface area (Å²) >= 11 is 0. The van der Waals surface area contributed by atoms with E-state index in [9.17, 15) is 47.6 Å². The van der Waals surface area contributed by atoms with Crippen LogP contribution < -0.4 is 4.74 Å². The van der Waals surface area contributed by atoms with Gasteiger partial charge in [-0.25, -0.2) is 25.6 Å². The number of hydrogen-bond acceptors (Lipinski definition) is 5. The third kappa shape index (κ3) is 4.82. The van der Waals surface area contributed by atoms with Gasteiger partial charge in [0.1, 0.15) is 0 Å². The first kappa shape index (κ1) is 25.4. The average molecular weight is 499 g/mol. The van der Waals surface area contributed by atoms with Gasteiger partial charge in [0.05, 0.1) is 6.10 Å². The van der Waals surface area contributed by atoms with Crippen molar-refractivity contribution in [1.82, 2.24) is 3.71 Å². The zero-order valence-corrected chi connectivity index (χ0v) is 17.4. The van der Waals surface area contributed by atoms with Gasteiger partial charge in [-0.1, -0.05) is 15.9 Å². The van der Waals surface area contributed by atoms with Crippen molar-refractivity contribution in [3.8, 4) is 5.75 Å². The van der Waals surface area contributed by atoms with E-state index in [0.717, 1.165) is 0 Å². The van der Waals surface area contributed by atoms with Gasteiger partial charge in [-0.15, -0.1) is 0 Å². The van der Waals surface area contributed by atoms with Gasteiger partial charge < -0.3 is 4.74 Å². The van der Waals surface area contributed by atoms with Crippen LogP contribution in [0.2, 0.25) is 0 Å². The molecular weight excluding hydrogens is 483 g/mol. The minimum atomic E-state index is -6.65. The van der Waals surface area contributed by atoms with Gasteiger partial charge in [-0.05, 0) is 32.1 Å². The summed E-state index contributed by atoms with van der Waals surface area (Å²) in [5.74, 6) is -11.5. The molecule has 1 unspecified atom stereocenters. The Labute approximate surface area is 173 Å². The Morgan fingerprint density at radius 2 is 1.42 bits per heavy atom. The quantitative estimate of drug-likeness (QED) is 0.348. The lowest BCUT2D eigenvalue weighted by atomic mass is 10.0. The Hall–Kier alpha value is -1.87. The Morgan fingerprint density at radius 1 is 0.903 bits per heavy atom. The molecule has 0 spiro atoms. The van der Waals surface area contributed by atoms with E-state index in [1.807, 2.05) is 6.08 Å². The monoisotopic (exact) mass is 499 g/mol. The number of ether oxygens (including phenoxy) is 1. The molecule has 31 heavy (non-hydrogen) atoms. The van der Waals surface area contributed by atoms with Crippen LogP contribution in [0, 0.1) is 23.3 Å². The minimum absolute atomic E-state index is 0.181. The summed E-state index contributed by atoms with van der Waals surface area (Å²) in [6.45, 7) is 0. The standard InChI is InChI=1S/C16H16F7NO5S2/c1-24(31(27,28)16(21,22)23)30(25,26)15-12(19)10(17)14(11(18)13(15)20)29-9-7-5-3-2-4-6-8-9/h2-3,9H,4-8H2,1H3/b3-2-. The summed E-state index contributed by atoms with van der Waals surface area (Å²) in [7, 11) is -13.0. The van der Waals surface area contributed by atoms with Gasteiger partial charge in [0.25, 0.3) is 10.0 Å². The maximum absolute atomic E-state index is 14.4. The van der Waals surface area contributed by atoms with E-state index in [1.54, 1.807) is 6.08 Å². The van der Waals surface area contributed by atoms with Crippen molar-refractivity contribution < 1.29 is 52.3 Å². The van der Waals surface area contributed by atoms with E-state index in [1.165, 1.54) is 0 Å². The van der Waals surface area contributed by atoms with E-state index in [-0.39, 0.29) is 19.9 Å². The average Bonchev–Trinajstić information content (AvgIpc) is 2.63. The molecular formula is C16H16F7NO5S2. The minimum Gasteiger partial charge on any atom is -0.484 e. The van der Waals surface area contributed by atoms with Gasteiger partial charge in [0.2, 0.25) is 11.6 Å². The normalized spacial score (nSPS) is 19.7. The number of nitrogens with zero attached hydrogens (tertiary/aromatic N) is 1.